The predicted molar refractivity (Wildman–Crippen MR) is 56.8 cm³/mol. The molecule has 9 heteroatoms. The first kappa shape index (κ1) is 18.1. The molecule has 2 rings (SSSR count). The average molecular weight is 329 g/mol. The summed E-state index contributed by atoms with van der Waals surface area (Å²) in [5, 5.41) is 0. The summed E-state index contributed by atoms with van der Waals surface area (Å²) >= 11 is 5.16. The third-order valence-corrected chi connectivity index (χ3v) is 3.43. The number of rotatable bonds is 0. The Morgan fingerprint density at radius 2 is 1.88 bits per heavy atom. The van der Waals surface area contributed by atoms with Crippen molar-refractivity contribution >= 4 is 27.3 Å². The first-order chi connectivity index (χ1) is 7.25. The molecule has 0 spiro atoms. The maximum absolute atomic E-state index is 8.00. The van der Waals surface area contributed by atoms with Crippen molar-refractivity contribution in [2.75, 3.05) is 13.6 Å². The fourth-order valence-electron chi connectivity index (χ4n) is 1.29. The van der Waals surface area contributed by atoms with Crippen molar-refractivity contribution < 1.29 is 23.0 Å². The molecule has 1 aromatic heterocycles. The zero-order chi connectivity index (χ0) is 11.8. The van der Waals surface area contributed by atoms with Crippen LogP contribution in [-0.4, -0.2) is 23.5 Å². The van der Waals surface area contributed by atoms with E-state index in [1.165, 1.54) is 10.6 Å². The molecule has 16 heavy (non-hydrogen) atoms. The summed E-state index contributed by atoms with van der Waals surface area (Å²) in [7, 11) is 2.15. The summed E-state index contributed by atoms with van der Waals surface area (Å²) < 4.78 is 33.0. The number of likely N-dealkylation sites (N-methyl/N-ethyl adjacent to an activating group) is 1. The van der Waals surface area contributed by atoms with E-state index in [-0.39, 0.29) is 4.70 Å². The van der Waals surface area contributed by atoms with E-state index in [4.69, 9.17) is 18.3 Å². The molecule has 0 N–H and O–H groups in total. The Hall–Kier alpha value is -0.280. The average Bonchev–Trinajstić information content (AvgIpc) is 2.63. The standard InChI is InChI=1S/C7H9BrN2S.2F2.FH/c1-10-3-2-5-6(4-10)11-7(8)9-5;2*1-2;/h2-4H2,1H3;;;1H. The van der Waals surface area contributed by atoms with Gasteiger partial charge in [0, 0.05) is 42.7 Å². The number of thiazole rings is 1. The zero-order valence-electron chi connectivity index (χ0n) is 8.22. The first-order valence-electron chi connectivity index (χ1n) is 3.87. The molecule has 1 aliphatic heterocycles. The van der Waals surface area contributed by atoms with Gasteiger partial charge in [0.2, 0.25) is 0 Å². The lowest BCUT2D eigenvalue weighted by Gasteiger charge is -2.20. The number of nitrogens with zero attached hydrogens (tertiary/aromatic N) is 2. The number of hydrogen-bond donors (Lipinski definition) is 0. The predicted octanol–water partition coefficient (Wildman–Crippen LogP) is 3.73. The second-order valence-corrected chi connectivity index (χ2v) is 5.18. The summed E-state index contributed by atoms with van der Waals surface area (Å²) in [5.74, 6) is 0. The van der Waals surface area contributed by atoms with Crippen molar-refractivity contribution in [1.82, 2.24) is 9.88 Å². The molecule has 0 aliphatic carbocycles. The molecule has 0 fully saturated rings. The van der Waals surface area contributed by atoms with E-state index in [0.717, 1.165) is 23.4 Å². The van der Waals surface area contributed by atoms with E-state index in [0.29, 0.717) is 0 Å². The highest BCUT2D eigenvalue weighted by Gasteiger charge is 2.16. The Kier molecular flexibility index (Phi) is 11.2. The minimum Gasteiger partial charge on any atom is -0.301 e. The Bertz CT molecular complexity index is 286. The van der Waals surface area contributed by atoms with Gasteiger partial charge in [0.1, 0.15) is 0 Å². The second-order valence-electron chi connectivity index (χ2n) is 2.82. The fraction of sp³-hybridized carbons (Fsp3) is 0.571. The third kappa shape index (κ3) is 5.17. The van der Waals surface area contributed by atoms with Gasteiger partial charge in [-0.15, -0.1) is 11.3 Å². The molecule has 0 radical (unpaired) electrons. The Morgan fingerprint density at radius 3 is 2.44 bits per heavy atom. The van der Waals surface area contributed by atoms with Gasteiger partial charge in [-0.3, -0.25) is 4.70 Å². The molecule has 0 amide bonds. The maximum atomic E-state index is 8.00. The molecule has 0 aromatic carbocycles. The van der Waals surface area contributed by atoms with Gasteiger partial charge in [-0.25, -0.2) is 4.98 Å². The zero-order valence-corrected chi connectivity index (χ0v) is 10.6. The number of fused-ring (bicyclic) bond motifs is 1. The molecule has 0 bridgehead atoms. The molecule has 0 saturated carbocycles. The van der Waals surface area contributed by atoms with E-state index in [1.807, 2.05) is 0 Å². The number of hydrogen-bond acceptors (Lipinski definition) is 3. The molecule has 0 saturated heterocycles. The number of aromatic nitrogens is 1. The van der Waals surface area contributed by atoms with E-state index in [9.17, 15) is 0 Å². The van der Waals surface area contributed by atoms with Crippen LogP contribution in [0.25, 0.3) is 0 Å². The lowest BCUT2D eigenvalue weighted by atomic mass is 10.2. The van der Waals surface area contributed by atoms with Gasteiger partial charge in [0.25, 0.3) is 0 Å². The van der Waals surface area contributed by atoms with Gasteiger partial charge >= 0.3 is 0 Å². The SMILES string of the molecule is CN1CCc2nc(Br)sc2C1.F.FF.FF. The van der Waals surface area contributed by atoms with E-state index >= 15 is 0 Å². The first-order valence-corrected chi connectivity index (χ1v) is 5.48. The van der Waals surface area contributed by atoms with Gasteiger partial charge < -0.3 is 4.90 Å². The Morgan fingerprint density at radius 1 is 1.31 bits per heavy atom. The van der Waals surface area contributed by atoms with Crippen LogP contribution >= 0.6 is 27.3 Å². The monoisotopic (exact) mass is 328 g/mol. The smallest absolute Gasteiger partial charge is 0.159 e. The molecule has 2 heterocycles. The maximum Gasteiger partial charge on any atom is 0.159 e. The van der Waals surface area contributed by atoms with Gasteiger partial charge in [0.05, 0.1) is 5.69 Å². The lowest BCUT2D eigenvalue weighted by molar-refractivity contribution is 0.108. The quantitative estimate of drug-likeness (QED) is 0.675. The van der Waals surface area contributed by atoms with Gasteiger partial charge in [-0.1, -0.05) is 0 Å². The topological polar surface area (TPSA) is 16.1 Å². The minimum atomic E-state index is 0. The Balaban J connectivity index is 0. The summed E-state index contributed by atoms with van der Waals surface area (Å²) in [5.41, 5.74) is 1.29. The largest absolute Gasteiger partial charge is 0.301 e. The van der Waals surface area contributed by atoms with Crippen molar-refractivity contribution in [1.29, 1.82) is 0 Å². The highest BCUT2D eigenvalue weighted by molar-refractivity contribution is 9.11. The van der Waals surface area contributed by atoms with Crippen LogP contribution in [0.4, 0.5) is 23.0 Å². The van der Waals surface area contributed by atoms with Gasteiger partial charge in [-0.2, -0.15) is 0 Å². The molecule has 1 aliphatic rings. The van der Waals surface area contributed by atoms with Crippen LogP contribution in [0.3, 0.4) is 0 Å². The molecule has 1 aromatic rings. The normalized spacial score (nSPS) is 13.4. The van der Waals surface area contributed by atoms with Crippen LogP contribution in [0.2, 0.25) is 0 Å². The summed E-state index contributed by atoms with van der Waals surface area (Å²) in [6.07, 6.45) is 1.11. The van der Waals surface area contributed by atoms with Crippen molar-refractivity contribution in [2.24, 2.45) is 0 Å². The van der Waals surface area contributed by atoms with Crippen LogP contribution in [0, 0.1) is 0 Å². The van der Waals surface area contributed by atoms with Crippen molar-refractivity contribution in [3.8, 4) is 0 Å². The van der Waals surface area contributed by atoms with Crippen LogP contribution < -0.4 is 0 Å². The van der Waals surface area contributed by atoms with Crippen LogP contribution in [0.15, 0.2) is 3.92 Å². The summed E-state index contributed by atoms with van der Waals surface area (Å²) in [6.45, 7) is 2.21. The highest BCUT2D eigenvalue weighted by atomic mass is 79.9. The molecular formula is C7H10BrF5N2S. The fourth-order valence-corrected chi connectivity index (χ4v) is 3.00. The van der Waals surface area contributed by atoms with Crippen molar-refractivity contribution in [3.63, 3.8) is 0 Å². The second kappa shape index (κ2) is 9.91. The van der Waals surface area contributed by atoms with Gasteiger partial charge in [-0.05, 0) is 23.0 Å². The van der Waals surface area contributed by atoms with Crippen molar-refractivity contribution in [2.45, 2.75) is 13.0 Å². The van der Waals surface area contributed by atoms with Crippen LogP contribution in [-0.2, 0) is 13.0 Å². The summed E-state index contributed by atoms with van der Waals surface area (Å²) in [6, 6.07) is 0. The molecule has 96 valence electrons. The van der Waals surface area contributed by atoms with Crippen LogP contribution in [0.5, 0.6) is 0 Å². The Labute approximate surface area is 101 Å². The third-order valence-electron chi connectivity index (χ3n) is 1.90. The molecule has 0 atom stereocenters. The van der Waals surface area contributed by atoms with Crippen molar-refractivity contribution in [3.05, 3.63) is 14.5 Å². The number of halogens is 6. The molecule has 2 nitrogen and oxygen atoms in total. The molecular weight excluding hydrogens is 319 g/mol. The van der Waals surface area contributed by atoms with Crippen LogP contribution in [0.1, 0.15) is 10.6 Å². The summed E-state index contributed by atoms with van der Waals surface area (Å²) in [4.78, 5) is 8.14. The minimum absolute atomic E-state index is 0. The van der Waals surface area contributed by atoms with E-state index in [2.05, 4.69) is 32.9 Å². The van der Waals surface area contributed by atoms with E-state index in [1.54, 1.807) is 11.3 Å². The molecule has 0 unspecified atom stereocenters. The highest BCUT2D eigenvalue weighted by Crippen LogP contribution is 2.27. The van der Waals surface area contributed by atoms with E-state index < -0.39 is 0 Å². The lowest BCUT2D eigenvalue weighted by Crippen LogP contribution is -2.25. The van der Waals surface area contributed by atoms with Gasteiger partial charge in [0.15, 0.2) is 3.92 Å².